The van der Waals surface area contributed by atoms with Crippen LogP contribution < -0.4 is 15.8 Å². The minimum atomic E-state index is -3.48. The molecule has 2 rings (SSSR count). The maximum Gasteiger partial charge on any atom is 0.240 e. The summed E-state index contributed by atoms with van der Waals surface area (Å²) < 4.78 is 26.9. The Morgan fingerprint density at radius 3 is 2.62 bits per heavy atom. The van der Waals surface area contributed by atoms with Crippen LogP contribution in [0.25, 0.3) is 0 Å². The van der Waals surface area contributed by atoms with Gasteiger partial charge >= 0.3 is 0 Å². The second-order valence-electron chi connectivity index (χ2n) is 4.44. The normalized spacial score (nSPS) is 11.3. The van der Waals surface area contributed by atoms with Gasteiger partial charge in [-0.2, -0.15) is 0 Å². The second kappa shape index (κ2) is 6.46. The molecule has 7 heteroatoms. The summed E-state index contributed by atoms with van der Waals surface area (Å²) in [6.07, 6.45) is 0. The fourth-order valence-corrected chi connectivity index (χ4v) is 3.02. The van der Waals surface area contributed by atoms with Crippen LogP contribution in [0.5, 0.6) is 0 Å². The lowest BCUT2D eigenvalue weighted by atomic mass is 10.2. The Morgan fingerprint density at radius 1 is 1.19 bits per heavy atom. The highest BCUT2D eigenvalue weighted by atomic mass is 79.9. The highest BCUT2D eigenvalue weighted by molar-refractivity contribution is 9.10. The van der Waals surface area contributed by atoms with Crippen molar-refractivity contribution in [3.63, 3.8) is 0 Å². The molecule has 2 aromatic carbocycles. The van der Waals surface area contributed by atoms with Crippen LogP contribution in [0.4, 0.5) is 11.4 Å². The number of hydrogen-bond acceptors (Lipinski definition) is 4. The Morgan fingerprint density at radius 2 is 1.95 bits per heavy atom. The van der Waals surface area contributed by atoms with Crippen LogP contribution in [-0.4, -0.2) is 15.5 Å². The first kappa shape index (κ1) is 15.8. The van der Waals surface area contributed by atoms with Gasteiger partial charge in [-0.15, -0.1) is 0 Å². The molecule has 0 aliphatic carbocycles. The van der Waals surface area contributed by atoms with Crippen LogP contribution in [0.1, 0.15) is 5.56 Å². The number of sulfonamides is 1. The van der Waals surface area contributed by atoms with Gasteiger partial charge in [-0.05, 0) is 42.9 Å². The van der Waals surface area contributed by atoms with E-state index in [9.17, 15) is 8.42 Å². The third-order valence-electron chi connectivity index (χ3n) is 2.98. The number of nitrogens with one attached hydrogen (secondary N) is 2. The van der Waals surface area contributed by atoms with E-state index in [1.807, 2.05) is 24.3 Å². The van der Waals surface area contributed by atoms with E-state index in [0.717, 1.165) is 10.0 Å². The quantitative estimate of drug-likeness (QED) is 0.707. The highest BCUT2D eigenvalue weighted by Crippen LogP contribution is 2.23. The van der Waals surface area contributed by atoms with Crippen molar-refractivity contribution < 1.29 is 8.42 Å². The molecule has 0 aliphatic rings. The molecule has 0 radical (unpaired) electrons. The summed E-state index contributed by atoms with van der Waals surface area (Å²) in [5.74, 6) is 0. The minimum absolute atomic E-state index is 0.177. The molecule has 0 amide bonds. The molecule has 0 heterocycles. The molecule has 21 heavy (non-hydrogen) atoms. The average Bonchev–Trinajstić information content (AvgIpc) is 2.46. The van der Waals surface area contributed by atoms with Gasteiger partial charge in [0.1, 0.15) is 0 Å². The smallest absolute Gasteiger partial charge is 0.240 e. The van der Waals surface area contributed by atoms with E-state index < -0.39 is 10.0 Å². The van der Waals surface area contributed by atoms with E-state index in [1.54, 1.807) is 6.07 Å². The van der Waals surface area contributed by atoms with Gasteiger partial charge in [0.15, 0.2) is 0 Å². The van der Waals surface area contributed by atoms with Gasteiger partial charge in [-0.25, -0.2) is 13.1 Å². The number of nitrogen functional groups attached to an aromatic ring is 1. The lowest BCUT2D eigenvalue weighted by molar-refractivity contribution is 0.588. The molecule has 0 aromatic heterocycles. The Balaban J connectivity index is 2.22. The molecule has 5 nitrogen and oxygen atoms in total. The third-order valence-corrected chi connectivity index (χ3v) is 4.88. The zero-order valence-electron chi connectivity index (χ0n) is 11.4. The SMILES string of the molecule is CNS(=O)(=O)c1ccc(N)c(NCc2cccc(Br)c2)c1. The monoisotopic (exact) mass is 369 g/mol. The predicted molar refractivity (Wildman–Crippen MR) is 88.6 cm³/mol. The third kappa shape index (κ3) is 3.96. The standard InChI is InChI=1S/C14H16BrN3O2S/c1-17-21(19,20)12-5-6-13(16)14(8-12)18-9-10-3-2-4-11(15)7-10/h2-8,17-18H,9,16H2,1H3. The van der Waals surface area contributed by atoms with Gasteiger partial charge in [0.25, 0.3) is 0 Å². The summed E-state index contributed by atoms with van der Waals surface area (Å²) in [4.78, 5) is 0.177. The first-order valence-electron chi connectivity index (χ1n) is 6.24. The van der Waals surface area contributed by atoms with Gasteiger partial charge in [-0.3, -0.25) is 0 Å². The van der Waals surface area contributed by atoms with Gasteiger partial charge < -0.3 is 11.1 Å². The molecular weight excluding hydrogens is 354 g/mol. The summed E-state index contributed by atoms with van der Waals surface area (Å²) in [6.45, 7) is 0.548. The molecular formula is C14H16BrN3O2S. The minimum Gasteiger partial charge on any atom is -0.397 e. The van der Waals surface area contributed by atoms with Crippen molar-refractivity contribution in [3.05, 3.63) is 52.5 Å². The van der Waals surface area contributed by atoms with Crippen LogP contribution in [-0.2, 0) is 16.6 Å². The van der Waals surface area contributed by atoms with Crippen molar-refractivity contribution in [2.45, 2.75) is 11.4 Å². The number of benzene rings is 2. The maximum absolute atomic E-state index is 11.8. The molecule has 112 valence electrons. The lowest BCUT2D eigenvalue weighted by Crippen LogP contribution is -2.18. The maximum atomic E-state index is 11.8. The van der Waals surface area contributed by atoms with Crippen molar-refractivity contribution in [2.24, 2.45) is 0 Å². The van der Waals surface area contributed by atoms with E-state index in [-0.39, 0.29) is 4.90 Å². The van der Waals surface area contributed by atoms with Crippen molar-refractivity contribution in [1.82, 2.24) is 4.72 Å². The molecule has 0 atom stereocenters. The van der Waals surface area contributed by atoms with Crippen LogP contribution in [0.3, 0.4) is 0 Å². The summed E-state index contributed by atoms with van der Waals surface area (Å²) in [6, 6.07) is 12.4. The summed E-state index contributed by atoms with van der Waals surface area (Å²) in [5.41, 5.74) is 8.03. The fourth-order valence-electron chi connectivity index (χ4n) is 1.82. The van der Waals surface area contributed by atoms with E-state index in [2.05, 4.69) is 26.0 Å². The molecule has 0 spiro atoms. The van der Waals surface area contributed by atoms with Crippen molar-refractivity contribution >= 4 is 37.3 Å². The van der Waals surface area contributed by atoms with Crippen LogP contribution in [0, 0.1) is 0 Å². The first-order chi connectivity index (χ1) is 9.92. The molecule has 4 N–H and O–H groups in total. The highest BCUT2D eigenvalue weighted by Gasteiger charge is 2.13. The Labute approximate surface area is 132 Å². The zero-order valence-corrected chi connectivity index (χ0v) is 13.8. The number of halogens is 1. The lowest BCUT2D eigenvalue weighted by Gasteiger charge is -2.12. The fraction of sp³-hybridized carbons (Fsp3) is 0.143. The Hall–Kier alpha value is -1.57. The van der Waals surface area contributed by atoms with E-state index in [4.69, 9.17) is 5.73 Å². The van der Waals surface area contributed by atoms with Gasteiger partial charge in [0.05, 0.1) is 16.3 Å². The molecule has 0 saturated heterocycles. The average molecular weight is 370 g/mol. The van der Waals surface area contributed by atoms with Crippen molar-refractivity contribution in [2.75, 3.05) is 18.1 Å². The summed E-state index contributed by atoms with van der Waals surface area (Å²) in [5, 5.41) is 3.15. The topological polar surface area (TPSA) is 84.2 Å². The van der Waals surface area contributed by atoms with Gasteiger partial charge in [-0.1, -0.05) is 28.1 Å². The molecule has 0 bridgehead atoms. The van der Waals surface area contributed by atoms with Crippen LogP contribution in [0.15, 0.2) is 51.8 Å². The Bertz CT molecular complexity index is 748. The Kier molecular flexibility index (Phi) is 4.87. The van der Waals surface area contributed by atoms with Crippen LogP contribution >= 0.6 is 15.9 Å². The molecule has 0 aliphatic heterocycles. The largest absolute Gasteiger partial charge is 0.397 e. The van der Waals surface area contributed by atoms with Crippen molar-refractivity contribution in [3.8, 4) is 0 Å². The number of rotatable bonds is 5. The summed E-state index contributed by atoms with van der Waals surface area (Å²) >= 11 is 3.41. The summed E-state index contributed by atoms with van der Waals surface area (Å²) in [7, 11) is -2.10. The van der Waals surface area contributed by atoms with Gasteiger partial charge in [0, 0.05) is 11.0 Å². The number of hydrogen-bond donors (Lipinski definition) is 3. The molecule has 0 fully saturated rings. The second-order valence-corrected chi connectivity index (χ2v) is 7.24. The van der Waals surface area contributed by atoms with Gasteiger partial charge in [0.2, 0.25) is 10.0 Å². The zero-order chi connectivity index (χ0) is 15.5. The predicted octanol–water partition coefficient (Wildman–Crippen LogP) is 2.55. The molecule has 2 aromatic rings. The number of anilines is 2. The van der Waals surface area contributed by atoms with E-state index in [0.29, 0.717) is 17.9 Å². The molecule has 0 unspecified atom stereocenters. The van der Waals surface area contributed by atoms with Crippen LogP contribution in [0.2, 0.25) is 0 Å². The molecule has 0 saturated carbocycles. The first-order valence-corrected chi connectivity index (χ1v) is 8.51. The number of nitrogens with two attached hydrogens (primary N) is 1. The van der Waals surface area contributed by atoms with E-state index >= 15 is 0 Å². The van der Waals surface area contributed by atoms with Crippen molar-refractivity contribution in [1.29, 1.82) is 0 Å². The van der Waals surface area contributed by atoms with E-state index in [1.165, 1.54) is 19.2 Å².